The predicted octanol–water partition coefficient (Wildman–Crippen LogP) is 13.8. The van der Waals surface area contributed by atoms with Crippen molar-refractivity contribution >= 4 is 22.4 Å². The molecular weight excluding hydrogens is 713 g/mol. The highest BCUT2D eigenvalue weighted by molar-refractivity contribution is 6.13. The average Bonchev–Trinajstić information content (AvgIpc) is 3.81. The molecule has 6 aromatic carbocycles. The number of aromatic nitrogens is 2. The van der Waals surface area contributed by atoms with Crippen molar-refractivity contribution in [2.45, 2.75) is 56.8 Å². The van der Waals surface area contributed by atoms with Crippen molar-refractivity contribution in [2.75, 3.05) is 0 Å². The molecule has 0 saturated carbocycles. The second kappa shape index (κ2) is 11.5. The standard InChI is InChI=1S/C57H42N2/c1-56(2)46-26-34(37-17-21-50(59-31-37)32-22-24-58-25-23-32)14-18-40(46)54-41-19-15-36-28-49-55(42-20-16-35(27-48(54)56)52(41)53(36)42)45-29-43-38-12-8-9-13-39(38)51(33-10-6-5-7-11-33)44(43)30-47(45)57(49,3)4/h5-14,16-31,51,54H,15H2,1-4H3. The van der Waals surface area contributed by atoms with E-state index in [2.05, 4.69) is 160 Å². The topological polar surface area (TPSA) is 25.8 Å². The Balaban J connectivity index is 0.953. The number of nitrogens with zero attached hydrogens (tertiary/aromatic N) is 2. The Morgan fingerprint density at radius 2 is 1.37 bits per heavy atom. The molecule has 8 aromatic rings. The SMILES string of the molecule is CC1(C)C2=Cc3ccc4c5c(cc6c4c3C(=CC6)C2c2ccc(-c3ccc(-c4ccncc4)nc3)cc21)C(C)(C)c1cc2c(cc1-5)-c1ccccc1C2c1ccccc1. The molecule has 2 aromatic heterocycles. The van der Waals surface area contributed by atoms with E-state index in [1.807, 2.05) is 30.7 Å². The van der Waals surface area contributed by atoms with E-state index >= 15 is 0 Å². The zero-order valence-corrected chi connectivity index (χ0v) is 33.8. The Bertz CT molecular complexity index is 3220. The average molecular weight is 755 g/mol. The van der Waals surface area contributed by atoms with E-state index in [0.29, 0.717) is 0 Å². The van der Waals surface area contributed by atoms with Gasteiger partial charge in [0, 0.05) is 52.4 Å². The molecule has 0 aliphatic heterocycles. The molecule has 0 spiro atoms. The Morgan fingerprint density at radius 1 is 0.559 bits per heavy atom. The van der Waals surface area contributed by atoms with E-state index < -0.39 is 0 Å². The van der Waals surface area contributed by atoms with Crippen molar-refractivity contribution in [3.8, 4) is 44.6 Å². The number of hydrogen-bond acceptors (Lipinski definition) is 2. The van der Waals surface area contributed by atoms with Crippen LogP contribution in [0.25, 0.3) is 67.1 Å². The third-order valence-electron chi connectivity index (χ3n) is 14.8. The molecular formula is C57H42N2. The summed E-state index contributed by atoms with van der Waals surface area (Å²) in [5.74, 6) is 0.491. The summed E-state index contributed by atoms with van der Waals surface area (Å²) in [7, 11) is 0. The van der Waals surface area contributed by atoms with Crippen LogP contribution in [0.3, 0.4) is 0 Å². The van der Waals surface area contributed by atoms with Gasteiger partial charge in [-0.3, -0.25) is 9.97 Å². The van der Waals surface area contributed by atoms with Crippen LogP contribution in [-0.4, -0.2) is 9.97 Å². The highest BCUT2D eigenvalue weighted by atomic mass is 14.7. The van der Waals surface area contributed by atoms with Crippen LogP contribution in [0.5, 0.6) is 0 Å². The normalized spacial score (nSPS) is 18.9. The van der Waals surface area contributed by atoms with E-state index in [-0.39, 0.29) is 22.7 Å². The van der Waals surface area contributed by atoms with E-state index in [0.717, 1.165) is 23.2 Å². The summed E-state index contributed by atoms with van der Waals surface area (Å²) in [5, 5.41) is 2.87. The zero-order valence-electron chi connectivity index (χ0n) is 33.8. The number of allylic oxidation sites excluding steroid dienone is 3. The zero-order chi connectivity index (χ0) is 39.4. The van der Waals surface area contributed by atoms with Gasteiger partial charge in [0.2, 0.25) is 0 Å². The minimum absolute atomic E-state index is 0.108. The lowest BCUT2D eigenvalue weighted by Gasteiger charge is -2.34. The first kappa shape index (κ1) is 33.3. The summed E-state index contributed by atoms with van der Waals surface area (Å²) >= 11 is 0. The van der Waals surface area contributed by atoms with Crippen LogP contribution >= 0.6 is 0 Å². The number of rotatable bonds is 3. The van der Waals surface area contributed by atoms with Gasteiger partial charge in [-0.2, -0.15) is 0 Å². The van der Waals surface area contributed by atoms with Gasteiger partial charge >= 0.3 is 0 Å². The third kappa shape index (κ3) is 4.36. The van der Waals surface area contributed by atoms with Crippen molar-refractivity contribution in [3.63, 3.8) is 0 Å². The molecule has 0 amide bonds. The minimum Gasteiger partial charge on any atom is -0.265 e. The summed E-state index contributed by atoms with van der Waals surface area (Å²) in [4.78, 5) is 9.03. The molecule has 5 aliphatic carbocycles. The molecule has 2 heterocycles. The van der Waals surface area contributed by atoms with E-state index in [1.165, 1.54) is 105 Å². The molecule has 0 fully saturated rings. The van der Waals surface area contributed by atoms with Crippen molar-refractivity contribution in [3.05, 3.63) is 213 Å². The molecule has 2 atom stereocenters. The van der Waals surface area contributed by atoms with Gasteiger partial charge in [0.05, 0.1) is 5.69 Å². The first-order valence-corrected chi connectivity index (χ1v) is 21.2. The molecule has 2 nitrogen and oxygen atoms in total. The van der Waals surface area contributed by atoms with Crippen LogP contribution in [0.2, 0.25) is 0 Å². The van der Waals surface area contributed by atoms with Crippen LogP contribution < -0.4 is 0 Å². The molecule has 5 aliphatic rings. The number of hydrogen-bond donors (Lipinski definition) is 0. The van der Waals surface area contributed by atoms with Crippen LogP contribution in [-0.2, 0) is 17.3 Å². The minimum atomic E-state index is -0.117. The Labute approximate surface area is 345 Å². The lowest BCUT2D eigenvalue weighted by Crippen LogP contribution is -2.20. The fourth-order valence-corrected chi connectivity index (χ4v) is 11.9. The highest BCUT2D eigenvalue weighted by Crippen LogP contribution is 2.63. The Hall–Kier alpha value is -6.64. The summed E-state index contributed by atoms with van der Waals surface area (Å²) in [5.41, 5.74) is 27.1. The quantitative estimate of drug-likeness (QED) is 0.179. The molecule has 59 heavy (non-hydrogen) atoms. The van der Waals surface area contributed by atoms with E-state index in [1.54, 1.807) is 0 Å². The van der Waals surface area contributed by atoms with Crippen LogP contribution in [0.4, 0.5) is 0 Å². The maximum absolute atomic E-state index is 4.86. The number of fused-ring (bicyclic) bond motifs is 11. The number of benzene rings is 6. The lowest BCUT2D eigenvalue weighted by molar-refractivity contribution is 0.640. The molecule has 0 radical (unpaired) electrons. The second-order valence-corrected chi connectivity index (χ2v) is 18.4. The first-order valence-electron chi connectivity index (χ1n) is 21.2. The maximum atomic E-state index is 4.86. The Morgan fingerprint density at radius 3 is 2.20 bits per heavy atom. The van der Waals surface area contributed by atoms with Gasteiger partial charge in [-0.1, -0.05) is 137 Å². The molecule has 2 unspecified atom stereocenters. The lowest BCUT2D eigenvalue weighted by atomic mass is 9.69. The van der Waals surface area contributed by atoms with Gasteiger partial charge in [-0.05, 0) is 142 Å². The second-order valence-electron chi connectivity index (χ2n) is 18.4. The smallest absolute Gasteiger partial charge is 0.0703 e. The summed E-state index contributed by atoms with van der Waals surface area (Å²) < 4.78 is 0. The molecule has 2 heteroatoms. The fraction of sp³-hybridized carbons (Fsp3) is 0.158. The summed E-state index contributed by atoms with van der Waals surface area (Å²) in [6.45, 7) is 9.77. The van der Waals surface area contributed by atoms with Crippen LogP contribution in [0.1, 0.15) is 95.2 Å². The third-order valence-corrected chi connectivity index (χ3v) is 14.8. The van der Waals surface area contributed by atoms with Gasteiger partial charge in [0.25, 0.3) is 0 Å². The van der Waals surface area contributed by atoms with Gasteiger partial charge in [-0.25, -0.2) is 0 Å². The highest BCUT2D eigenvalue weighted by Gasteiger charge is 2.47. The monoisotopic (exact) mass is 754 g/mol. The van der Waals surface area contributed by atoms with Crippen molar-refractivity contribution in [1.82, 2.24) is 9.97 Å². The van der Waals surface area contributed by atoms with Crippen LogP contribution in [0, 0.1) is 0 Å². The van der Waals surface area contributed by atoms with Gasteiger partial charge in [0.15, 0.2) is 0 Å². The predicted molar refractivity (Wildman–Crippen MR) is 243 cm³/mol. The Kier molecular flexibility index (Phi) is 6.51. The fourth-order valence-electron chi connectivity index (χ4n) is 11.9. The van der Waals surface area contributed by atoms with Gasteiger partial charge < -0.3 is 0 Å². The molecule has 0 bridgehead atoms. The maximum Gasteiger partial charge on any atom is 0.0703 e. The molecule has 280 valence electrons. The molecule has 0 N–H and O–H groups in total. The summed E-state index contributed by atoms with van der Waals surface area (Å²) in [6, 6.07) is 48.4. The van der Waals surface area contributed by atoms with Crippen LogP contribution in [0.15, 0.2) is 158 Å². The van der Waals surface area contributed by atoms with Crippen molar-refractivity contribution < 1.29 is 0 Å². The van der Waals surface area contributed by atoms with E-state index in [9.17, 15) is 0 Å². The summed E-state index contributed by atoms with van der Waals surface area (Å²) in [6.07, 6.45) is 11.7. The van der Waals surface area contributed by atoms with Crippen molar-refractivity contribution in [1.29, 1.82) is 0 Å². The first-order chi connectivity index (χ1) is 28.8. The largest absolute Gasteiger partial charge is 0.265 e. The van der Waals surface area contributed by atoms with Gasteiger partial charge in [-0.15, -0.1) is 0 Å². The van der Waals surface area contributed by atoms with Gasteiger partial charge in [0.1, 0.15) is 0 Å². The molecule has 13 rings (SSSR count). The number of pyridine rings is 2. The molecule has 0 saturated heterocycles. The van der Waals surface area contributed by atoms with Crippen molar-refractivity contribution in [2.24, 2.45) is 0 Å². The van der Waals surface area contributed by atoms with E-state index in [4.69, 9.17) is 4.98 Å².